The fraction of sp³-hybridized carbons (Fsp3) is 0.500. The molecule has 0 aromatic heterocycles. The van der Waals surface area contributed by atoms with Crippen LogP contribution >= 0.6 is 0 Å². The van der Waals surface area contributed by atoms with Crippen molar-refractivity contribution in [1.29, 1.82) is 0 Å². The van der Waals surface area contributed by atoms with Crippen molar-refractivity contribution in [2.24, 2.45) is 0 Å². The van der Waals surface area contributed by atoms with Crippen LogP contribution in [0.25, 0.3) is 5.57 Å². The van der Waals surface area contributed by atoms with Crippen molar-refractivity contribution in [3.8, 4) is 11.5 Å². The zero-order chi connectivity index (χ0) is 19.2. The molecule has 1 aliphatic carbocycles. The molecule has 4 rings (SSSR count). The van der Waals surface area contributed by atoms with Gasteiger partial charge in [0.2, 0.25) is 6.79 Å². The molecule has 0 spiro atoms. The number of hydrogen-bond donors (Lipinski definition) is 0. The molecule has 144 valence electrons. The minimum atomic E-state index is -1.26. The third-order valence-corrected chi connectivity index (χ3v) is 6.76. The zero-order valence-electron chi connectivity index (χ0n) is 16.9. The van der Waals surface area contributed by atoms with Crippen molar-refractivity contribution in [2.75, 3.05) is 19.9 Å². The Labute approximate surface area is 162 Å². The van der Waals surface area contributed by atoms with E-state index in [9.17, 15) is 4.79 Å². The molecule has 0 atom stereocenters. The number of ketones is 1. The van der Waals surface area contributed by atoms with Gasteiger partial charge in [0.1, 0.15) is 0 Å². The van der Waals surface area contributed by atoms with Crippen LogP contribution in [-0.2, 0) is 11.2 Å². The summed E-state index contributed by atoms with van der Waals surface area (Å²) in [6.07, 6.45) is 3.50. The van der Waals surface area contributed by atoms with Gasteiger partial charge in [-0.1, -0.05) is 30.9 Å². The van der Waals surface area contributed by atoms with Crippen LogP contribution in [0.5, 0.6) is 11.5 Å². The number of Topliss-reactive ketones (excluding diaryl/α,β-unsaturated/α-hetero) is 1. The first-order valence-corrected chi connectivity index (χ1v) is 13.5. The van der Waals surface area contributed by atoms with Crippen LogP contribution in [0.4, 0.5) is 0 Å². The van der Waals surface area contributed by atoms with Crippen molar-refractivity contribution in [1.82, 2.24) is 4.90 Å². The molecule has 0 saturated heterocycles. The minimum Gasteiger partial charge on any atom is -0.454 e. The van der Waals surface area contributed by atoms with Crippen LogP contribution in [0.3, 0.4) is 0 Å². The first kappa shape index (κ1) is 18.4. The molecule has 0 bridgehead atoms. The SMILES string of the molecule is CC(=C[Si](C)(C)C)CN1CCc2cc3c(cc2C2=C1CCCC2=O)OCO3. The third kappa shape index (κ3) is 3.70. The number of nitrogens with zero attached hydrogens (tertiary/aromatic N) is 1. The highest BCUT2D eigenvalue weighted by molar-refractivity contribution is 6.81. The van der Waals surface area contributed by atoms with E-state index in [0.29, 0.717) is 6.42 Å². The van der Waals surface area contributed by atoms with Crippen LogP contribution < -0.4 is 9.47 Å². The van der Waals surface area contributed by atoms with Crippen LogP contribution in [0, 0.1) is 0 Å². The van der Waals surface area contributed by atoms with E-state index in [1.165, 1.54) is 16.8 Å². The van der Waals surface area contributed by atoms with E-state index in [0.717, 1.165) is 55.0 Å². The number of allylic oxidation sites excluding steroid dienone is 2. The summed E-state index contributed by atoms with van der Waals surface area (Å²) in [5, 5.41) is 0. The zero-order valence-corrected chi connectivity index (χ0v) is 17.9. The average molecular weight is 384 g/mol. The standard InChI is InChI=1S/C22H29NO3Si/c1-15(13-27(2,3)4)12-23-9-8-16-10-20-21(26-14-25-20)11-17(16)22-18(23)6-5-7-19(22)24/h10-11,13H,5-9,12,14H2,1-4H3. The molecule has 1 aromatic rings. The monoisotopic (exact) mass is 383 g/mol. The maximum Gasteiger partial charge on any atom is 0.231 e. The highest BCUT2D eigenvalue weighted by atomic mass is 28.3. The Balaban J connectivity index is 1.76. The summed E-state index contributed by atoms with van der Waals surface area (Å²) in [6, 6.07) is 4.11. The molecule has 0 N–H and O–H groups in total. The van der Waals surface area contributed by atoms with E-state index in [1.54, 1.807) is 0 Å². The van der Waals surface area contributed by atoms with Gasteiger partial charge >= 0.3 is 0 Å². The van der Waals surface area contributed by atoms with Crippen LogP contribution in [0.15, 0.2) is 29.1 Å². The van der Waals surface area contributed by atoms with Gasteiger partial charge in [0, 0.05) is 30.8 Å². The Morgan fingerprint density at radius 3 is 2.63 bits per heavy atom. The summed E-state index contributed by atoms with van der Waals surface area (Å²) in [5.41, 5.74) is 8.32. The second-order valence-corrected chi connectivity index (χ2v) is 14.0. The van der Waals surface area contributed by atoms with Crippen molar-refractivity contribution in [2.45, 2.75) is 52.2 Å². The van der Waals surface area contributed by atoms with Gasteiger partial charge < -0.3 is 14.4 Å². The first-order valence-electron chi connectivity index (χ1n) is 9.94. The van der Waals surface area contributed by atoms with Gasteiger partial charge in [-0.05, 0) is 49.4 Å². The topological polar surface area (TPSA) is 38.8 Å². The first-order chi connectivity index (χ1) is 12.8. The summed E-state index contributed by atoms with van der Waals surface area (Å²) < 4.78 is 11.2. The molecular weight excluding hydrogens is 354 g/mol. The van der Waals surface area contributed by atoms with E-state index >= 15 is 0 Å². The Morgan fingerprint density at radius 2 is 1.89 bits per heavy atom. The lowest BCUT2D eigenvalue weighted by Gasteiger charge is -2.31. The van der Waals surface area contributed by atoms with Gasteiger partial charge in [0.05, 0.1) is 8.07 Å². The number of hydrogen-bond acceptors (Lipinski definition) is 4. The maximum atomic E-state index is 12.9. The van der Waals surface area contributed by atoms with E-state index in [2.05, 4.69) is 43.2 Å². The van der Waals surface area contributed by atoms with Gasteiger partial charge in [-0.2, -0.15) is 0 Å². The molecule has 0 amide bonds. The molecule has 1 aromatic carbocycles. The molecule has 2 heterocycles. The molecule has 0 fully saturated rings. The summed E-state index contributed by atoms with van der Waals surface area (Å²) >= 11 is 0. The lowest BCUT2D eigenvalue weighted by molar-refractivity contribution is -0.114. The second-order valence-electron chi connectivity index (χ2n) is 8.99. The van der Waals surface area contributed by atoms with Gasteiger partial charge in [-0.25, -0.2) is 0 Å². The fourth-order valence-electron chi connectivity index (χ4n) is 4.52. The lowest BCUT2D eigenvalue weighted by Crippen LogP contribution is -2.30. The largest absolute Gasteiger partial charge is 0.454 e. The van der Waals surface area contributed by atoms with Gasteiger partial charge in [-0.3, -0.25) is 4.79 Å². The van der Waals surface area contributed by atoms with E-state index < -0.39 is 8.07 Å². The summed E-state index contributed by atoms with van der Waals surface area (Å²) in [5.74, 6) is 1.85. The van der Waals surface area contributed by atoms with E-state index in [1.807, 2.05) is 6.07 Å². The van der Waals surface area contributed by atoms with Crippen molar-refractivity contribution in [3.63, 3.8) is 0 Å². The van der Waals surface area contributed by atoms with Crippen LogP contribution in [0.2, 0.25) is 19.6 Å². The normalized spacial score (nSPS) is 19.8. The smallest absolute Gasteiger partial charge is 0.231 e. The molecular formula is C22H29NO3Si. The molecule has 4 nitrogen and oxygen atoms in total. The van der Waals surface area contributed by atoms with Gasteiger partial charge in [-0.15, -0.1) is 0 Å². The molecule has 0 unspecified atom stereocenters. The number of fused-ring (bicyclic) bond motifs is 3. The highest BCUT2D eigenvalue weighted by Crippen LogP contribution is 2.42. The van der Waals surface area contributed by atoms with Crippen LogP contribution in [-0.4, -0.2) is 38.6 Å². The molecule has 5 heteroatoms. The van der Waals surface area contributed by atoms with Crippen LogP contribution in [0.1, 0.15) is 37.3 Å². The summed E-state index contributed by atoms with van der Waals surface area (Å²) in [6.45, 7) is 11.5. The highest BCUT2D eigenvalue weighted by Gasteiger charge is 2.31. The lowest BCUT2D eigenvalue weighted by atomic mass is 9.87. The quantitative estimate of drug-likeness (QED) is 0.717. The Morgan fingerprint density at radius 1 is 1.15 bits per heavy atom. The number of benzene rings is 1. The fourth-order valence-corrected chi connectivity index (χ4v) is 6.09. The molecule has 0 saturated carbocycles. The number of carbonyl (C=O) groups is 1. The number of ether oxygens (including phenoxy) is 2. The van der Waals surface area contributed by atoms with E-state index in [-0.39, 0.29) is 12.6 Å². The Bertz CT molecular complexity index is 848. The summed E-state index contributed by atoms with van der Waals surface area (Å²) in [7, 11) is -1.26. The summed E-state index contributed by atoms with van der Waals surface area (Å²) in [4.78, 5) is 15.4. The van der Waals surface area contributed by atoms with Gasteiger partial charge in [0.25, 0.3) is 0 Å². The third-order valence-electron chi connectivity index (χ3n) is 5.41. The molecule has 27 heavy (non-hydrogen) atoms. The van der Waals surface area contributed by atoms with Crippen molar-refractivity contribution < 1.29 is 14.3 Å². The Kier molecular flexibility index (Phi) is 4.66. The predicted octanol–water partition coefficient (Wildman–Crippen LogP) is 4.56. The number of rotatable bonds is 3. The molecule has 3 aliphatic rings. The Hall–Kier alpha value is -2.01. The van der Waals surface area contributed by atoms with E-state index in [4.69, 9.17) is 9.47 Å². The van der Waals surface area contributed by atoms with Crippen molar-refractivity contribution in [3.05, 3.63) is 40.2 Å². The molecule has 2 aliphatic heterocycles. The predicted molar refractivity (Wildman–Crippen MR) is 111 cm³/mol. The number of carbonyl (C=O) groups excluding carboxylic acids is 1. The van der Waals surface area contributed by atoms with Crippen molar-refractivity contribution >= 4 is 19.4 Å². The maximum absolute atomic E-state index is 12.9. The second kappa shape index (κ2) is 6.86. The average Bonchev–Trinajstić information content (AvgIpc) is 2.97. The minimum absolute atomic E-state index is 0.269. The molecule has 0 radical (unpaired) electrons. The van der Waals surface area contributed by atoms with Gasteiger partial charge in [0.15, 0.2) is 17.3 Å².